The van der Waals surface area contributed by atoms with Crippen LogP contribution in [0.5, 0.6) is 5.75 Å². The molecule has 5 heteroatoms. The van der Waals surface area contributed by atoms with E-state index in [4.69, 9.17) is 9.47 Å². The molecular formula is C19H26N2O3. The van der Waals surface area contributed by atoms with Crippen LogP contribution in [0.3, 0.4) is 0 Å². The Morgan fingerprint density at radius 2 is 2.08 bits per heavy atom. The maximum atomic E-state index is 12.7. The van der Waals surface area contributed by atoms with Gasteiger partial charge in [0.2, 0.25) is 0 Å². The fourth-order valence-electron chi connectivity index (χ4n) is 2.64. The number of methoxy groups -OCH3 is 1. The van der Waals surface area contributed by atoms with Gasteiger partial charge in [0.1, 0.15) is 16.9 Å². The molecule has 0 aliphatic carbocycles. The van der Waals surface area contributed by atoms with Crippen molar-refractivity contribution in [1.29, 1.82) is 0 Å². The average Bonchev–Trinajstić information content (AvgIpc) is 2.56. The van der Waals surface area contributed by atoms with Crippen molar-refractivity contribution in [1.82, 2.24) is 4.98 Å². The van der Waals surface area contributed by atoms with Crippen LogP contribution in [0, 0.1) is 0 Å². The van der Waals surface area contributed by atoms with Crippen LogP contribution in [-0.2, 0) is 9.53 Å². The highest BCUT2D eigenvalue weighted by molar-refractivity contribution is 6.05. The fourth-order valence-corrected chi connectivity index (χ4v) is 2.64. The zero-order chi connectivity index (χ0) is 17.7. The summed E-state index contributed by atoms with van der Waals surface area (Å²) in [5, 5.41) is 3.83. The van der Waals surface area contributed by atoms with E-state index >= 15 is 0 Å². The van der Waals surface area contributed by atoms with Crippen LogP contribution in [0.1, 0.15) is 40.5 Å². The Labute approximate surface area is 143 Å². The number of rotatable bonds is 7. The van der Waals surface area contributed by atoms with Crippen LogP contribution in [0.4, 0.5) is 5.69 Å². The number of nitrogens with zero attached hydrogens (tertiary/aromatic N) is 1. The van der Waals surface area contributed by atoms with Gasteiger partial charge in [-0.1, -0.05) is 13.3 Å². The third-order valence-electron chi connectivity index (χ3n) is 4.00. The molecule has 2 aromatic rings. The lowest BCUT2D eigenvalue weighted by molar-refractivity contribution is -0.136. The van der Waals surface area contributed by atoms with E-state index in [1.807, 2.05) is 52.0 Å². The molecule has 0 aliphatic heterocycles. The van der Waals surface area contributed by atoms with E-state index < -0.39 is 5.60 Å². The third kappa shape index (κ3) is 3.85. The highest BCUT2D eigenvalue weighted by Gasteiger charge is 2.32. The maximum absolute atomic E-state index is 12.7. The van der Waals surface area contributed by atoms with Crippen molar-refractivity contribution in [3.05, 3.63) is 30.5 Å². The number of benzene rings is 1. The third-order valence-corrected chi connectivity index (χ3v) is 4.00. The fraction of sp³-hybridized carbons (Fsp3) is 0.474. The van der Waals surface area contributed by atoms with E-state index in [0.29, 0.717) is 17.9 Å². The van der Waals surface area contributed by atoms with E-state index in [2.05, 4.69) is 10.3 Å². The largest absolute Gasteiger partial charge is 0.489 e. The van der Waals surface area contributed by atoms with Crippen molar-refractivity contribution in [2.24, 2.45) is 0 Å². The number of carbonyl (C=O) groups is 1. The topological polar surface area (TPSA) is 60.5 Å². The normalized spacial score (nSPS) is 13.8. The quantitative estimate of drug-likeness (QED) is 0.828. The molecular weight excluding hydrogens is 304 g/mol. The summed E-state index contributed by atoms with van der Waals surface area (Å²) < 4.78 is 11.3. The molecule has 1 atom stereocenters. The molecule has 0 saturated carbocycles. The molecule has 0 radical (unpaired) electrons. The number of hydrogen-bond acceptors (Lipinski definition) is 4. The molecule has 0 saturated heterocycles. The van der Waals surface area contributed by atoms with E-state index in [1.165, 1.54) is 0 Å². The van der Waals surface area contributed by atoms with Gasteiger partial charge in [-0.2, -0.15) is 0 Å². The SMILES string of the molecule is CCC[C@@](C)(OC)C(=O)Nc1ccc(OC(C)C)c2ncccc12. The minimum Gasteiger partial charge on any atom is -0.489 e. The molecule has 24 heavy (non-hydrogen) atoms. The highest BCUT2D eigenvalue weighted by atomic mass is 16.5. The number of amides is 1. The lowest BCUT2D eigenvalue weighted by Gasteiger charge is -2.26. The Hall–Kier alpha value is -2.14. The lowest BCUT2D eigenvalue weighted by atomic mass is 9.99. The molecule has 0 fully saturated rings. The summed E-state index contributed by atoms with van der Waals surface area (Å²) in [5.74, 6) is 0.552. The van der Waals surface area contributed by atoms with Gasteiger partial charge >= 0.3 is 0 Å². The monoisotopic (exact) mass is 330 g/mol. The summed E-state index contributed by atoms with van der Waals surface area (Å²) >= 11 is 0. The van der Waals surface area contributed by atoms with Crippen molar-refractivity contribution < 1.29 is 14.3 Å². The van der Waals surface area contributed by atoms with E-state index in [9.17, 15) is 4.79 Å². The van der Waals surface area contributed by atoms with Crippen LogP contribution in [-0.4, -0.2) is 29.7 Å². The summed E-state index contributed by atoms with van der Waals surface area (Å²) in [4.78, 5) is 17.1. The molecule has 1 N–H and O–H groups in total. The van der Waals surface area contributed by atoms with E-state index in [1.54, 1.807) is 13.3 Å². The zero-order valence-corrected chi connectivity index (χ0v) is 15.1. The van der Waals surface area contributed by atoms with E-state index in [-0.39, 0.29) is 12.0 Å². The molecule has 5 nitrogen and oxygen atoms in total. The van der Waals surface area contributed by atoms with Crippen LogP contribution < -0.4 is 10.1 Å². The minimum atomic E-state index is -0.851. The molecule has 1 amide bonds. The number of hydrogen-bond donors (Lipinski definition) is 1. The predicted octanol–water partition coefficient (Wildman–Crippen LogP) is 4.17. The first kappa shape index (κ1) is 18.2. The van der Waals surface area contributed by atoms with E-state index in [0.717, 1.165) is 17.3 Å². The Kier molecular flexibility index (Phi) is 5.78. The van der Waals surface area contributed by atoms with Crippen molar-refractivity contribution in [3.63, 3.8) is 0 Å². The average molecular weight is 330 g/mol. The van der Waals surface area contributed by atoms with Gasteiger partial charge in [0.25, 0.3) is 5.91 Å². The second-order valence-electron chi connectivity index (χ2n) is 6.32. The molecule has 0 unspecified atom stereocenters. The molecule has 130 valence electrons. The van der Waals surface area contributed by atoms with Crippen LogP contribution in [0.25, 0.3) is 10.9 Å². The number of fused-ring (bicyclic) bond motifs is 1. The number of pyridine rings is 1. The van der Waals surface area contributed by atoms with Crippen molar-refractivity contribution >= 4 is 22.5 Å². The van der Waals surface area contributed by atoms with Gasteiger partial charge in [-0.3, -0.25) is 9.78 Å². The number of carbonyl (C=O) groups excluding carboxylic acids is 1. The smallest absolute Gasteiger partial charge is 0.256 e. The first-order valence-electron chi connectivity index (χ1n) is 8.32. The Morgan fingerprint density at radius 1 is 1.33 bits per heavy atom. The predicted molar refractivity (Wildman–Crippen MR) is 96.5 cm³/mol. The van der Waals surface area contributed by atoms with Gasteiger partial charge < -0.3 is 14.8 Å². The summed E-state index contributed by atoms with van der Waals surface area (Å²) in [7, 11) is 1.56. The zero-order valence-electron chi connectivity index (χ0n) is 15.1. The molecule has 2 rings (SSSR count). The highest BCUT2D eigenvalue weighted by Crippen LogP contribution is 2.31. The number of nitrogens with one attached hydrogen (secondary N) is 1. The maximum Gasteiger partial charge on any atom is 0.256 e. The summed E-state index contributed by atoms with van der Waals surface area (Å²) in [6.45, 7) is 7.78. The van der Waals surface area contributed by atoms with Gasteiger partial charge in [-0.15, -0.1) is 0 Å². The Bertz CT molecular complexity index is 715. The first-order chi connectivity index (χ1) is 11.4. The Morgan fingerprint density at radius 3 is 2.71 bits per heavy atom. The van der Waals surface area contributed by atoms with Crippen LogP contribution >= 0.6 is 0 Å². The standard InChI is InChI=1S/C19H26N2O3/c1-6-11-19(4,23-5)18(22)21-15-9-10-16(24-13(2)3)17-14(15)8-7-12-20-17/h7-10,12-13H,6,11H2,1-5H3,(H,21,22)/t19-/m1/s1. The number of anilines is 1. The summed E-state index contributed by atoms with van der Waals surface area (Å²) in [5.41, 5.74) is 0.591. The molecule has 1 aromatic heterocycles. The van der Waals surface area contributed by atoms with Crippen molar-refractivity contribution in [3.8, 4) is 5.75 Å². The number of aromatic nitrogens is 1. The summed E-state index contributed by atoms with van der Waals surface area (Å²) in [6.07, 6.45) is 3.29. The molecule has 1 heterocycles. The van der Waals surface area contributed by atoms with Gasteiger partial charge in [-0.05, 0) is 51.5 Å². The van der Waals surface area contributed by atoms with Gasteiger partial charge in [0, 0.05) is 18.7 Å². The second-order valence-corrected chi connectivity index (χ2v) is 6.32. The molecule has 1 aromatic carbocycles. The van der Waals surface area contributed by atoms with Crippen molar-refractivity contribution in [2.75, 3.05) is 12.4 Å². The van der Waals surface area contributed by atoms with Gasteiger partial charge in [0.05, 0.1) is 11.8 Å². The second kappa shape index (κ2) is 7.62. The van der Waals surface area contributed by atoms with Crippen molar-refractivity contribution in [2.45, 2.75) is 52.2 Å². The van der Waals surface area contributed by atoms with Gasteiger partial charge in [0.15, 0.2) is 0 Å². The number of ether oxygens (including phenoxy) is 2. The molecule has 0 aliphatic rings. The lowest BCUT2D eigenvalue weighted by Crippen LogP contribution is -2.41. The van der Waals surface area contributed by atoms with Crippen LogP contribution in [0.15, 0.2) is 30.5 Å². The minimum absolute atomic E-state index is 0.0528. The van der Waals surface area contributed by atoms with Gasteiger partial charge in [-0.25, -0.2) is 0 Å². The Balaban J connectivity index is 2.38. The van der Waals surface area contributed by atoms with Crippen LogP contribution in [0.2, 0.25) is 0 Å². The molecule has 0 bridgehead atoms. The first-order valence-corrected chi connectivity index (χ1v) is 8.32. The summed E-state index contributed by atoms with van der Waals surface area (Å²) in [6, 6.07) is 7.46. The molecule has 0 spiro atoms.